The van der Waals surface area contributed by atoms with E-state index in [-0.39, 0.29) is 17.4 Å². The van der Waals surface area contributed by atoms with Crippen molar-refractivity contribution in [3.63, 3.8) is 0 Å². The average molecular weight is 286 g/mol. The van der Waals surface area contributed by atoms with Crippen LogP contribution in [0.4, 0.5) is 11.5 Å². The summed E-state index contributed by atoms with van der Waals surface area (Å²) in [4.78, 5) is 25.8. The lowest BCUT2D eigenvalue weighted by Gasteiger charge is -2.06. The van der Waals surface area contributed by atoms with Gasteiger partial charge in [0.25, 0.3) is 11.6 Å². The molecule has 0 bridgehead atoms. The minimum atomic E-state index is -0.448. The molecule has 0 radical (unpaired) electrons. The Labute approximate surface area is 121 Å². The Bertz CT molecular complexity index is 656. The van der Waals surface area contributed by atoms with Gasteiger partial charge < -0.3 is 11.1 Å². The number of rotatable bonds is 5. The number of carbonyl (C=O) groups excluding carboxylic acids is 1. The molecule has 0 saturated heterocycles. The Kier molecular flexibility index (Phi) is 4.45. The quantitative estimate of drug-likeness (QED) is 0.639. The molecule has 7 nitrogen and oxygen atoms in total. The first-order valence-electron chi connectivity index (χ1n) is 6.30. The number of nitrogens with two attached hydrogens (primary N) is 1. The molecule has 2 rings (SSSR count). The number of carbonyl (C=O) groups is 1. The van der Waals surface area contributed by atoms with Crippen LogP contribution in [-0.4, -0.2) is 22.4 Å². The molecule has 0 saturated carbocycles. The summed E-state index contributed by atoms with van der Waals surface area (Å²) in [5.41, 5.74) is 6.90. The van der Waals surface area contributed by atoms with E-state index in [0.717, 1.165) is 5.56 Å². The molecule has 0 aliphatic heterocycles. The Morgan fingerprint density at radius 3 is 2.62 bits per heavy atom. The van der Waals surface area contributed by atoms with E-state index in [9.17, 15) is 14.9 Å². The first-order valence-corrected chi connectivity index (χ1v) is 6.30. The second kappa shape index (κ2) is 6.47. The topological polar surface area (TPSA) is 111 Å². The number of nitrogens with zero attached hydrogens (tertiary/aromatic N) is 2. The maximum absolute atomic E-state index is 11.9. The number of benzene rings is 1. The molecule has 0 aliphatic rings. The SMILES string of the molecule is Nc1ncccc1C(=O)NCCc1ccc([N+](=O)[O-])cc1. The zero-order valence-corrected chi connectivity index (χ0v) is 11.2. The highest BCUT2D eigenvalue weighted by molar-refractivity contribution is 5.98. The number of nitrogens with one attached hydrogen (secondary N) is 1. The van der Waals surface area contributed by atoms with Crippen molar-refractivity contribution >= 4 is 17.4 Å². The van der Waals surface area contributed by atoms with Crippen molar-refractivity contribution in [2.24, 2.45) is 0 Å². The van der Waals surface area contributed by atoms with Crippen LogP contribution in [0.3, 0.4) is 0 Å². The van der Waals surface area contributed by atoms with Gasteiger partial charge in [0.05, 0.1) is 10.5 Å². The number of hydrogen-bond donors (Lipinski definition) is 2. The van der Waals surface area contributed by atoms with Crippen LogP contribution in [0.5, 0.6) is 0 Å². The molecular formula is C14H14N4O3. The van der Waals surface area contributed by atoms with Crippen LogP contribution in [0.25, 0.3) is 0 Å². The predicted octanol–water partition coefficient (Wildman–Crippen LogP) is 1.54. The summed E-state index contributed by atoms with van der Waals surface area (Å²) in [6, 6.07) is 9.46. The molecule has 0 fully saturated rings. The monoisotopic (exact) mass is 286 g/mol. The third-order valence-electron chi connectivity index (χ3n) is 2.93. The van der Waals surface area contributed by atoms with Crippen LogP contribution < -0.4 is 11.1 Å². The number of nitrogen functional groups attached to an aromatic ring is 1. The smallest absolute Gasteiger partial charge is 0.269 e. The molecule has 1 aromatic carbocycles. The summed E-state index contributed by atoms with van der Waals surface area (Å²) in [5.74, 6) is -0.104. The van der Waals surface area contributed by atoms with E-state index in [1.807, 2.05) is 0 Å². The lowest BCUT2D eigenvalue weighted by atomic mass is 10.1. The fourth-order valence-corrected chi connectivity index (χ4v) is 1.81. The largest absolute Gasteiger partial charge is 0.383 e. The molecule has 108 valence electrons. The van der Waals surface area contributed by atoms with Crippen LogP contribution in [0.15, 0.2) is 42.6 Å². The van der Waals surface area contributed by atoms with Gasteiger partial charge in [0.1, 0.15) is 5.82 Å². The molecule has 0 unspecified atom stereocenters. The second-order valence-electron chi connectivity index (χ2n) is 4.37. The zero-order chi connectivity index (χ0) is 15.2. The second-order valence-corrected chi connectivity index (χ2v) is 4.37. The van der Waals surface area contributed by atoms with Crippen molar-refractivity contribution in [3.8, 4) is 0 Å². The molecule has 1 heterocycles. The summed E-state index contributed by atoms with van der Waals surface area (Å²) in [6.07, 6.45) is 2.09. The fraction of sp³-hybridized carbons (Fsp3) is 0.143. The third kappa shape index (κ3) is 3.75. The number of nitro groups is 1. The van der Waals surface area contributed by atoms with Gasteiger partial charge in [-0.2, -0.15) is 0 Å². The number of anilines is 1. The minimum absolute atomic E-state index is 0.0471. The van der Waals surface area contributed by atoms with Crippen molar-refractivity contribution in [1.82, 2.24) is 10.3 Å². The van der Waals surface area contributed by atoms with Gasteiger partial charge in [0.2, 0.25) is 0 Å². The number of non-ortho nitro benzene ring substituents is 1. The highest BCUT2D eigenvalue weighted by Gasteiger charge is 2.09. The highest BCUT2D eigenvalue weighted by Crippen LogP contribution is 2.12. The van der Waals surface area contributed by atoms with Gasteiger partial charge in [-0.25, -0.2) is 4.98 Å². The molecule has 3 N–H and O–H groups in total. The number of aromatic nitrogens is 1. The molecule has 21 heavy (non-hydrogen) atoms. The molecule has 1 aromatic heterocycles. The Balaban J connectivity index is 1.88. The number of pyridine rings is 1. The van der Waals surface area contributed by atoms with E-state index in [4.69, 9.17) is 5.73 Å². The predicted molar refractivity (Wildman–Crippen MR) is 77.8 cm³/mol. The van der Waals surface area contributed by atoms with E-state index in [1.165, 1.54) is 18.3 Å². The summed E-state index contributed by atoms with van der Waals surface area (Å²) in [7, 11) is 0. The van der Waals surface area contributed by atoms with Crippen LogP contribution in [-0.2, 0) is 6.42 Å². The normalized spacial score (nSPS) is 10.1. The maximum atomic E-state index is 11.9. The van der Waals surface area contributed by atoms with Crippen LogP contribution in [0.2, 0.25) is 0 Å². The summed E-state index contributed by atoms with van der Waals surface area (Å²) >= 11 is 0. The van der Waals surface area contributed by atoms with Gasteiger partial charge in [-0.05, 0) is 24.1 Å². The molecular weight excluding hydrogens is 272 g/mol. The molecule has 0 atom stereocenters. The van der Waals surface area contributed by atoms with E-state index >= 15 is 0 Å². The molecule has 1 amide bonds. The van der Waals surface area contributed by atoms with Gasteiger partial charge in [-0.15, -0.1) is 0 Å². The first-order chi connectivity index (χ1) is 10.1. The third-order valence-corrected chi connectivity index (χ3v) is 2.93. The van der Waals surface area contributed by atoms with Crippen molar-refractivity contribution in [1.29, 1.82) is 0 Å². The van der Waals surface area contributed by atoms with Crippen molar-refractivity contribution < 1.29 is 9.72 Å². The van der Waals surface area contributed by atoms with Gasteiger partial charge >= 0.3 is 0 Å². The lowest BCUT2D eigenvalue weighted by molar-refractivity contribution is -0.384. The average Bonchev–Trinajstić information content (AvgIpc) is 2.48. The Morgan fingerprint density at radius 1 is 1.29 bits per heavy atom. The summed E-state index contributed by atoms with van der Waals surface area (Å²) < 4.78 is 0. The molecule has 0 spiro atoms. The minimum Gasteiger partial charge on any atom is -0.383 e. The highest BCUT2D eigenvalue weighted by atomic mass is 16.6. The van der Waals surface area contributed by atoms with Gasteiger partial charge in [-0.3, -0.25) is 14.9 Å². The maximum Gasteiger partial charge on any atom is 0.269 e. The van der Waals surface area contributed by atoms with Crippen LogP contribution >= 0.6 is 0 Å². The van der Waals surface area contributed by atoms with E-state index in [0.29, 0.717) is 18.5 Å². The van der Waals surface area contributed by atoms with Gasteiger partial charge in [-0.1, -0.05) is 12.1 Å². The first kappa shape index (κ1) is 14.4. The van der Waals surface area contributed by atoms with E-state index in [2.05, 4.69) is 10.3 Å². The van der Waals surface area contributed by atoms with Crippen molar-refractivity contribution in [3.05, 3.63) is 63.8 Å². The molecule has 2 aromatic rings. The van der Waals surface area contributed by atoms with Crippen molar-refractivity contribution in [2.75, 3.05) is 12.3 Å². The number of hydrogen-bond acceptors (Lipinski definition) is 5. The lowest BCUT2D eigenvalue weighted by Crippen LogP contribution is -2.26. The van der Waals surface area contributed by atoms with Gasteiger partial charge in [0, 0.05) is 24.9 Å². The van der Waals surface area contributed by atoms with Crippen LogP contribution in [0.1, 0.15) is 15.9 Å². The molecule has 7 heteroatoms. The van der Waals surface area contributed by atoms with E-state index in [1.54, 1.807) is 24.3 Å². The number of amides is 1. The summed E-state index contributed by atoms with van der Waals surface area (Å²) in [5, 5.41) is 13.3. The summed E-state index contributed by atoms with van der Waals surface area (Å²) in [6.45, 7) is 0.408. The van der Waals surface area contributed by atoms with Gasteiger partial charge in [0.15, 0.2) is 0 Å². The van der Waals surface area contributed by atoms with Crippen molar-refractivity contribution in [2.45, 2.75) is 6.42 Å². The van der Waals surface area contributed by atoms with E-state index < -0.39 is 4.92 Å². The Morgan fingerprint density at radius 2 is 2.00 bits per heavy atom. The number of nitro benzene ring substituents is 1. The molecule has 0 aliphatic carbocycles. The zero-order valence-electron chi connectivity index (χ0n) is 11.2. The van der Waals surface area contributed by atoms with Crippen LogP contribution in [0, 0.1) is 10.1 Å². The Hall–Kier alpha value is -2.96. The standard InChI is InChI=1S/C14H14N4O3/c15-13-12(2-1-8-16-13)14(19)17-9-7-10-3-5-11(6-4-10)18(20)21/h1-6,8H,7,9H2,(H2,15,16)(H,17,19). The fourth-order valence-electron chi connectivity index (χ4n) is 1.81.